The molecular formula is C18H24N4OS. The molecule has 0 aliphatic carbocycles. The van der Waals surface area contributed by atoms with Crippen LogP contribution < -0.4 is 10.5 Å². The molecule has 3 rings (SSSR count). The Balaban J connectivity index is 2.25. The van der Waals surface area contributed by atoms with E-state index in [1.165, 1.54) is 11.3 Å². The number of anilines is 1. The van der Waals surface area contributed by atoms with Gasteiger partial charge in [-0.3, -0.25) is 9.36 Å². The molecule has 0 fully saturated rings. The van der Waals surface area contributed by atoms with Gasteiger partial charge < -0.3 is 4.90 Å². The lowest BCUT2D eigenvalue weighted by atomic mass is 10.1. The Hall–Kier alpha value is -1.95. The third kappa shape index (κ3) is 2.79. The van der Waals surface area contributed by atoms with Gasteiger partial charge >= 0.3 is 0 Å². The smallest absolute Gasteiger partial charge is 0.271 e. The lowest BCUT2D eigenvalue weighted by Crippen LogP contribution is -2.24. The van der Waals surface area contributed by atoms with Crippen LogP contribution in [-0.2, 0) is 0 Å². The van der Waals surface area contributed by atoms with Crippen molar-refractivity contribution in [3.8, 4) is 0 Å². The van der Waals surface area contributed by atoms with E-state index < -0.39 is 0 Å². The zero-order valence-electron chi connectivity index (χ0n) is 14.7. The van der Waals surface area contributed by atoms with Crippen molar-refractivity contribution in [3.05, 3.63) is 28.9 Å². The highest BCUT2D eigenvalue weighted by Crippen LogP contribution is 2.35. The van der Waals surface area contributed by atoms with E-state index >= 15 is 0 Å². The number of nitrogens with zero attached hydrogens (tertiary/aromatic N) is 4. The first-order chi connectivity index (χ1) is 11.6. The third-order valence-electron chi connectivity index (χ3n) is 4.40. The van der Waals surface area contributed by atoms with E-state index in [1.54, 1.807) is 12.5 Å². The summed E-state index contributed by atoms with van der Waals surface area (Å²) in [6, 6.07) is 2.20. The number of aromatic nitrogens is 3. The molecule has 3 aromatic rings. The maximum Gasteiger partial charge on any atom is 0.271 e. The molecule has 0 spiro atoms. The van der Waals surface area contributed by atoms with Gasteiger partial charge in [-0.05, 0) is 18.9 Å². The SMILES string of the molecule is CCCC(CCC)n1cnc2c(sc3nccc(N(C)C)c32)c1=O. The van der Waals surface area contributed by atoms with Crippen LogP contribution in [-0.4, -0.2) is 28.6 Å². The number of hydrogen-bond donors (Lipinski definition) is 0. The summed E-state index contributed by atoms with van der Waals surface area (Å²) in [6.07, 6.45) is 7.67. The van der Waals surface area contributed by atoms with Gasteiger partial charge in [-0.1, -0.05) is 26.7 Å². The standard InChI is InChI=1S/C18H24N4OS/c1-5-7-12(8-6-2)22-11-20-15-14-13(21(3)4)9-10-19-17(14)24-16(15)18(22)23/h9-12H,5-8H2,1-4H3. The Morgan fingerprint density at radius 1 is 1.21 bits per heavy atom. The van der Waals surface area contributed by atoms with Crippen LogP contribution >= 0.6 is 11.3 Å². The molecule has 0 saturated carbocycles. The van der Waals surface area contributed by atoms with Crippen LogP contribution in [0.5, 0.6) is 0 Å². The lowest BCUT2D eigenvalue weighted by Gasteiger charge is -2.18. The molecule has 0 atom stereocenters. The maximum atomic E-state index is 13.1. The van der Waals surface area contributed by atoms with Gasteiger partial charge in [0.1, 0.15) is 9.53 Å². The van der Waals surface area contributed by atoms with Crippen molar-refractivity contribution in [3.63, 3.8) is 0 Å². The minimum Gasteiger partial charge on any atom is -0.377 e. The topological polar surface area (TPSA) is 51.0 Å². The summed E-state index contributed by atoms with van der Waals surface area (Å²) in [5, 5.41) is 0.981. The second-order valence-electron chi connectivity index (χ2n) is 6.37. The van der Waals surface area contributed by atoms with Gasteiger partial charge in [-0.25, -0.2) is 9.97 Å². The normalized spacial score (nSPS) is 11.7. The van der Waals surface area contributed by atoms with Crippen molar-refractivity contribution < 1.29 is 0 Å². The van der Waals surface area contributed by atoms with Gasteiger partial charge in [0, 0.05) is 26.3 Å². The fourth-order valence-electron chi connectivity index (χ4n) is 3.27. The Bertz CT molecular complexity index is 906. The van der Waals surface area contributed by atoms with Crippen LogP contribution in [0, 0.1) is 0 Å². The second-order valence-corrected chi connectivity index (χ2v) is 7.37. The highest BCUT2D eigenvalue weighted by Gasteiger charge is 2.19. The second kappa shape index (κ2) is 6.89. The molecule has 5 nitrogen and oxygen atoms in total. The monoisotopic (exact) mass is 344 g/mol. The fourth-order valence-corrected chi connectivity index (χ4v) is 4.33. The summed E-state index contributed by atoms with van der Waals surface area (Å²) in [6.45, 7) is 4.32. The van der Waals surface area contributed by atoms with Crippen molar-refractivity contribution in [2.75, 3.05) is 19.0 Å². The summed E-state index contributed by atoms with van der Waals surface area (Å²) in [4.78, 5) is 25.1. The first-order valence-electron chi connectivity index (χ1n) is 8.54. The molecular weight excluding hydrogens is 320 g/mol. The van der Waals surface area contributed by atoms with Gasteiger partial charge in [0.15, 0.2) is 0 Å². The molecule has 0 N–H and O–H groups in total. The van der Waals surface area contributed by atoms with Crippen molar-refractivity contribution in [2.45, 2.75) is 45.6 Å². The van der Waals surface area contributed by atoms with Gasteiger partial charge in [0.25, 0.3) is 5.56 Å². The molecule has 3 aromatic heterocycles. The molecule has 6 heteroatoms. The Morgan fingerprint density at radius 3 is 2.54 bits per heavy atom. The summed E-state index contributed by atoms with van der Waals surface area (Å²) in [5.74, 6) is 0. The average molecular weight is 344 g/mol. The Kier molecular flexibility index (Phi) is 4.85. The largest absolute Gasteiger partial charge is 0.377 e. The van der Waals surface area contributed by atoms with Crippen molar-refractivity contribution in [2.24, 2.45) is 0 Å². The molecule has 0 aliphatic heterocycles. The van der Waals surface area contributed by atoms with Gasteiger partial charge in [-0.15, -0.1) is 11.3 Å². The summed E-state index contributed by atoms with van der Waals surface area (Å²) in [5.41, 5.74) is 1.90. The molecule has 0 amide bonds. The Morgan fingerprint density at radius 2 is 1.92 bits per heavy atom. The first-order valence-corrected chi connectivity index (χ1v) is 9.35. The molecule has 0 saturated heterocycles. The number of thiophene rings is 1. The molecule has 0 radical (unpaired) electrons. The zero-order chi connectivity index (χ0) is 17.3. The molecule has 0 unspecified atom stereocenters. The minimum absolute atomic E-state index is 0.0691. The zero-order valence-corrected chi connectivity index (χ0v) is 15.6. The third-order valence-corrected chi connectivity index (χ3v) is 5.48. The van der Waals surface area contributed by atoms with E-state index in [-0.39, 0.29) is 11.6 Å². The number of rotatable bonds is 6. The van der Waals surface area contributed by atoms with Crippen LogP contribution in [0.4, 0.5) is 5.69 Å². The molecule has 24 heavy (non-hydrogen) atoms. The van der Waals surface area contributed by atoms with Crippen molar-refractivity contribution >= 4 is 37.5 Å². The van der Waals surface area contributed by atoms with E-state index in [0.717, 1.165) is 47.1 Å². The highest BCUT2D eigenvalue weighted by molar-refractivity contribution is 7.25. The molecule has 3 heterocycles. The van der Waals surface area contributed by atoms with Crippen LogP contribution in [0.3, 0.4) is 0 Å². The number of hydrogen-bond acceptors (Lipinski definition) is 5. The lowest BCUT2D eigenvalue weighted by molar-refractivity contribution is 0.414. The summed E-state index contributed by atoms with van der Waals surface area (Å²) < 4.78 is 2.55. The van der Waals surface area contributed by atoms with E-state index in [2.05, 4.69) is 23.8 Å². The minimum atomic E-state index is 0.0691. The summed E-state index contributed by atoms with van der Waals surface area (Å²) in [7, 11) is 4.00. The Labute approximate surface area is 146 Å². The van der Waals surface area contributed by atoms with Crippen molar-refractivity contribution in [1.29, 1.82) is 0 Å². The van der Waals surface area contributed by atoms with Crippen LogP contribution in [0.25, 0.3) is 20.4 Å². The van der Waals surface area contributed by atoms with E-state index in [4.69, 9.17) is 0 Å². The first kappa shape index (κ1) is 16.9. The van der Waals surface area contributed by atoms with E-state index in [0.29, 0.717) is 4.70 Å². The molecule has 128 valence electrons. The van der Waals surface area contributed by atoms with Crippen LogP contribution in [0.15, 0.2) is 23.4 Å². The number of pyridine rings is 1. The highest BCUT2D eigenvalue weighted by atomic mass is 32.1. The predicted octanol–water partition coefficient (Wildman–Crippen LogP) is 4.21. The maximum absolute atomic E-state index is 13.1. The van der Waals surface area contributed by atoms with Gasteiger partial charge in [0.2, 0.25) is 0 Å². The van der Waals surface area contributed by atoms with Gasteiger partial charge in [-0.2, -0.15) is 0 Å². The molecule has 0 bridgehead atoms. The quantitative estimate of drug-likeness (QED) is 0.672. The molecule has 0 aromatic carbocycles. The van der Waals surface area contributed by atoms with E-state index in [1.807, 2.05) is 29.6 Å². The molecule has 0 aliphatic rings. The van der Waals surface area contributed by atoms with E-state index in [9.17, 15) is 4.79 Å². The van der Waals surface area contributed by atoms with Crippen LogP contribution in [0.2, 0.25) is 0 Å². The van der Waals surface area contributed by atoms with Crippen molar-refractivity contribution in [1.82, 2.24) is 14.5 Å². The van der Waals surface area contributed by atoms with Crippen LogP contribution in [0.1, 0.15) is 45.6 Å². The number of fused-ring (bicyclic) bond motifs is 3. The fraction of sp³-hybridized carbons (Fsp3) is 0.500. The van der Waals surface area contributed by atoms with Gasteiger partial charge in [0.05, 0.1) is 22.9 Å². The predicted molar refractivity (Wildman–Crippen MR) is 102 cm³/mol. The summed E-state index contributed by atoms with van der Waals surface area (Å²) >= 11 is 1.45. The average Bonchev–Trinajstić information content (AvgIpc) is 2.94.